The molecule has 2 aromatic rings. The van der Waals surface area contributed by atoms with Crippen molar-refractivity contribution in [3.63, 3.8) is 0 Å². The Morgan fingerprint density at radius 2 is 2.18 bits per heavy atom. The summed E-state index contributed by atoms with van der Waals surface area (Å²) in [5.41, 5.74) is 3.77. The Morgan fingerprint density at radius 3 is 2.88 bits per heavy atom. The van der Waals surface area contributed by atoms with Gasteiger partial charge in [-0.25, -0.2) is 0 Å². The minimum Gasteiger partial charge on any atom is -0.497 e. The van der Waals surface area contributed by atoms with Crippen molar-refractivity contribution in [2.75, 3.05) is 13.7 Å². The number of aromatic nitrogens is 1. The third-order valence-corrected chi connectivity index (χ3v) is 3.59. The van der Waals surface area contributed by atoms with E-state index in [4.69, 9.17) is 4.74 Å². The van der Waals surface area contributed by atoms with Gasteiger partial charge in [0.25, 0.3) is 0 Å². The third-order valence-electron chi connectivity index (χ3n) is 3.59. The predicted octanol–water partition coefficient (Wildman–Crippen LogP) is 2.91. The second-order valence-electron chi connectivity index (χ2n) is 4.78. The molecule has 3 rings (SSSR count). The number of methoxy groups -OCH3 is 1. The highest BCUT2D eigenvalue weighted by Crippen LogP contribution is 2.30. The lowest BCUT2D eigenvalue weighted by molar-refractivity contribution is 0.415. The highest BCUT2D eigenvalue weighted by Gasteiger charge is 2.18. The molecular weight excluding hydrogens is 212 g/mol. The molecule has 1 aromatic carbocycles. The Bertz CT molecular complexity index is 538. The Hall–Kier alpha value is -1.48. The minimum absolute atomic E-state index is 0.493. The fourth-order valence-electron chi connectivity index (χ4n) is 2.67. The fourth-order valence-corrected chi connectivity index (χ4v) is 2.67. The van der Waals surface area contributed by atoms with Gasteiger partial charge in [-0.05, 0) is 50.1 Å². The van der Waals surface area contributed by atoms with Crippen LogP contribution in [0.3, 0.4) is 0 Å². The van der Waals surface area contributed by atoms with Crippen LogP contribution in [0.25, 0.3) is 10.9 Å². The van der Waals surface area contributed by atoms with E-state index >= 15 is 0 Å². The number of benzene rings is 1. The van der Waals surface area contributed by atoms with Crippen LogP contribution in [0, 0.1) is 6.92 Å². The van der Waals surface area contributed by atoms with E-state index < -0.39 is 0 Å². The molecule has 1 aliphatic rings. The van der Waals surface area contributed by atoms with Crippen molar-refractivity contribution in [3.05, 3.63) is 29.5 Å². The van der Waals surface area contributed by atoms with Gasteiger partial charge in [0, 0.05) is 22.6 Å². The molecule has 0 aliphatic carbocycles. The summed E-state index contributed by atoms with van der Waals surface area (Å²) < 4.78 is 5.31. The van der Waals surface area contributed by atoms with Gasteiger partial charge in [0.05, 0.1) is 7.11 Å². The second kappa shape index (κ2) is 4.08. The molecule has 1 aliphatic heterocycles. The molecule has 90 valence electrons. The van der Waals surface area contributed by atoms with E-state index in [-0.39, 0.29) is 0 Å². The molecule has 0 amide bonds. The highest BCUT2D eigenvalue weighted by atomic mass is 16.5. The lowest BCUT2D eigenvalue weighted by Crippen LogP contribution is -2.12. The molecule has 0 saturated carbocycles. The van der Waals surface area contributed by atoms with Gasteiger partial charge < -0.3 is 15.0 Å². The number of ether oxygens (including phenoxy) is 1. The van der Waals surface area contributed by atoms with Crippen LogP contribution < -0.4 is 10.1 Å². The zero-order valence-corrected chi connectivity index (χ0v) is 10.3. The number of aryl methyl sites for hydroxylation is 1. The minimum atomic E-state index is 0.493. The molecule has 2 N–H and O–H groups in total. The van der Waals surface area contributed by atoms with Crippen LogP contribution in [0.2, 0.25) is 0 Å². The summed E-state index contributed by atoms with van der Waals surface area (Å²) in [6.45, 7) is 3.25. The summed E-state index contributed by atoms with van der Waals surface area (Å²) in [6.07, 6.45) is 2.49. The van der Waals surface area contributed by atoms with Gasteiger partial charge in [-0.2, -0.15) is 0 Å². The average Bonchev–Trinajstić information content (AvgIpc) is 2.96. The third kappa shape index (κ3) is 1.80. The van der Waals surface area contributed by atoms with Crippen LogP contribution >= 0.6 is 0 Å². The van der Waals surface area contributed by atoms with E-state index in [1.54, 1.807) is 7.11 Å². The number of hydrogen-bond acceptors (Lipinski definition) is 2. The SMILES string of the molecule is COc1cc(C)c2[nH]c(C3CCCN3)cc2c1. The molecule has 1 fully saturated rings. The summed E-state index contributed by atoms with van der Waals surface area (Å²) in [6, 6.07) is 6.91. The van der Waals surface area contributed by atoms with Crippen molar-refractivity contribution in [2.45, 2.75) is 25.8 Å². The molecule has 1 atom stereocenters. The lowest BCUT2D eigenvalue weighted by atomic mass is 10.1. The number of hydrogen-bond donors (Lipinski definition) is 2. The normalized spacial score (nSPS) is 20.0. The zero-order valence-electron chi connectivity index (χ0n) is 10.3. The van der Waals surface area contributed by atoms with Gasteiger partial charge >= 0.3 is 0 Å². The molecule has 1 saturated heterocycles. The predicted molar refractivity (Wildman–Crippen MR) is 69.6 cm³/mol. The van der Waals surface area contributed by atoms with Crippen molar-refractivity contribution in [1.29, 1.82) is 0 Å². The van der Waals surface area contributed by atoms with E-state index in [0.29, 0.717) is 6.04 Å². The monoisotopic (exact) mass is 230 g/mol. The highest BCUT2D eigenvalue weighted by molar-refractivity contribution is 5.85. The van der Waals surface area contributed by atoms with Crippen LogP contribution in [0.1, 0.15) is 30.1 Å². The van der Waals surface area contributed by atoms with Crippen LogP contribution in [-0.2, 0) is 0 Å². The number of nitrogens with one attached hydrogen (secondary N) is 2. The fraction of sp³-hybridized carbons (Fsp3) is 0.429. The van der Waals surface area contributed by atoms with Gasteiger partial charge in [0.15, 0.2) is 0 Å². The molecule has 3 nitrogen and oxygen atoms in total. The summed E-state index contributed by atoms with van der Waals surface area (Å²) >= 11 is 0. The quantitative estimate of drug-likeness (QED) is 0.832. The Balaban J connectivity index is 2.08. The Morgan fingerprint density at radius 1 is 1.29 bits per heavy atom. The number of rotatable bonds is 2. The summed E-state index contributed by atoms with van der Waals surface area (Å²) in [7, 11) is 1.71. The standard InChI is InChI=1S/C14H18N2O/c1-9-6-11(17-2)7-10-8-13(16-14(9)10)12-4-3-5-15-12/h6-8,12,15-16H,3-5H2,1-2H3. The molecule has 17 heavy (non-hydrogen) atoms. The number of H-pyrrole nitrogens is 1. The van der Waals surface area contributed by atoms with Gasteiger partial charge in [0.2, 0.25) is 0 Å². The van der Waals surface area contributed by atoms with Crippen molar-refractivity contribution in [3.8, 4) is 5.75 Å². The summed E-state index contributed by atoms with van der Waals surface area (Å²) in [5, 5.41) is 4.76. The number of fused-ring (bicyclic) bond motifs is 1. The van der Waals surface area contributed by atoms with Gasteiger partial charge in [-0.1, -0.05) is 0 Å². The van der Waals surface area contributed by atoms with E-state index in [1.165, 1.54) is 35.0 Å². The molecule has 1 aromatic heterocycles. The first-order valence-electron chi connectivity index (χ1n) is 6.18. The van der Waals surface area contributed by atoms with Crippen molar-refractivity contribution < 1.29 is 4.74 Å². The maximum absolute atomic E-state index is 5.31. The van der Waals surface area contributed by atoms with E-state index in [0.717, 1.165) is 12.3 Å². The van der Waals surface area contributed by atoms with Crippen LogP contribution in [0.5, 0.6) is 5.75 Å². The Labute approximate surface area is 101 Å². The van der Waals surface area contributed by atoms with Gasteiger partial charge in [0.1, 0.15) is 5.75 Å². The van der Waals surface area contributed by atoms with Crippen LogP contribution in [-0.4, -0.2) is 18.6 Å². The maximum Gasteiger partial charge on any atom is 0.119 e. The van der Waals surface area contributed by atoms with Crippen LogP contribution in [0.15, 0.2) is 18.2 Å². The lowest BCUT2D eigenvalue weighted by Gasteiger charge is -2.06. The van der Waals surface area contributed by atoms with Gasteiger partial charge in [-0.3, -0.25) is 0 Å². The first kappa shape index (κ1) is 10.7. The van der Waals surface area contributed by atoms with Crippen molar-refractivity contribution >= 4 is 10.9 Å². The molecule has 0 spiro atoms. The van der Waals surface area contributed by atoms with E-state index in [2.05, 4.69) is 35.4 Å². The topological polar surface area (TPSA) is 37.0 Å². The second-order valence-corrected chi connectivity index (χ2v) is 4.78. The largest absolute Gasteiger partial charge is 0.497 e. The maximum atomic E-state index is 5.31. The first-order chi connectivity index (χ1) is 8.28. The summed E-state index contributed by atoms with van der Waals surface area (Å²) in [4.78, 5) is 3.54. The molecule has 1 unspecified atom stereocenters. The van der Waals surface area contributed by atoms with Crippen LogP contribution in [0.4, 0.5) is 0 Å². The molecular formula is C14H18N2O. The van der Waals surface area contributed by atoms with E-state index in [9.17, 15) is 0 Å². The number of aromatic amines is 1. The smallest absolute Gasteiger partial charge is 0.119 e. The van der Waals surface area contributed by atoms with Crippen molar-refractivity contribution in [1.82, 2.24) is 10.3 Å². The van der Waals surface area contributed by atoms with Gasteiger partial charge in [-0.15, -0.1) is 0 Å². The summed E-state index contributed by atoms with van der Waals surface area (Å²) in [5.74, 6) is 0.930. The van der Waals surface area contributed by atoms with E-state index in [1.807, 2.05) is 0 Å². The van der Waals surface area contributed by atoms with Crippen molar-refractivity contribution in [2.24, 2.45) is 0 Å². The molecule has 0 radical (unpaired) electrons. The average molecular weight is 230 g/mol. The zero-order chi connectivity index (χ0) is 11.8. The molecule has 0 bridgehead atoms. The first-order valence-corrected chi connectivity index (χ1v) is 6.18. The molecule has 2 heterocycles. The Kier molecular flexibility index (Phi) is 2.56. The molecule has 3 heteroatoms.